The minimum atomic E-state index is -4.73. The van der Waals surface area contributed by atoms with E-state index in [-0.39, 0.29) is 97.5 Å². The van der Waals surface area contributed by atoms with Crippen LogP contribution < -0.4 is 30.3 Å². The van der Waals surface area contributed by atoms with Gasteiger partial charge < -0.3 is 69.5 Å². The van der Waals surface area contributed by atoms with Crippen molar-refractivity contribution in [2.75, 3.05) is 75.6 Å². The summed E-state index contributed by atoms with van der Waals surface area (Å²) in [6.07, 6.45) is 1.15. The SMILES string of the molecule is Cc1c(-c2ccc(-c3ccc4c(c3)N(C(=O)Nc3nc5ccccc5s3)CCC4)nc2C(=O)O)cnn1CC12CC3(C)CC(C)(C1)CC(OCCN(C)C(=O)OCc1ccc(OCCOCCNC(=O)[C@H](CS(=O)(=O)O)NC(=O)CCCCCN4C(=O)C=CC4=O)cc1O[C@@H]1OC(C(=O)O)[C@@H](O)[C@H](O)[C@H]1O)(C3)C2. The smallest absolute Gasteiger partial charge is 0.409 e. The number of carboxylic acid groups (broad SMARTS) is 2. The number of aliphatic carboxylic acids is 1. The molecule has 3 aromatic carbocycles. The number of unbranched alkanes of at least 4 members (excludes halogenated alkanes) is 2. The zero-order valence-electron chi connectivity index (χ0n) is 60.1. The predicted octanol–water partition coefficient (Wildman–Crippen LogP) is 6.26. The van der Waals surface area contributed by atoms with Crippen LogP contribution in [0.15, 0.2) is 91.1 Å². The lowest BCUT2D eigenvalue weighted by molar-refractivity contribution is -0.271. The molecule has 32 nitrogen and oxygen atoms in total. The number of nitrogens with one attached hydrogen (secondary N) is 3. The summed E-state index contributed by atoms with van der Waals surface area (Å²) in [5, 5.41) is 65.6. The fourth-order valence-electron chi connectivity index (χ4n) is 17.0. The third kappa shape index (κ3) is 18.1. The second-order valence-corrected chi connectivity index (χ2v) is 32.1. The van der Waals surface area contributed by atoms with Crippen LogP contribution in [0.4, 0.5) is 20.4 Å². The molecule has 1 saturated heterocycles. The van der Waals surface area contributed by atoms with Crippen LogP contribution in [0.5, 0.6) is 11.5 Å². The van der Waals surface area contributed by atoms with Crippen molar-refractivity contribution >= 4 is 90.2 Å². The summed E-state index contributed by atoms with van der Waals surface area (Å²) in [5.74, 6) is -6.44. The molecule has 578 valence electrons. The highest BCUT2D eigenvalue weighted by Gasteiger charge is 2.66. The number of fused-ring (bicyclic) bond motifs is 2. The number of benzene rings is 3. The van der Waals surface area contributed by atoms with Crippen LogP contribution in [-0.4, -0.2) is 223 Å². The number of nitrogens with zero attached hydrogens (tertiary/aromatic N) is 7. The zero-order valence-corrected chi connectivity index (χ0v) is 61.7. The van der Waals surface area contributed by atoms with Crippen molar-refractivity contribution in [3.63, 3.8) is 0 Å². The second-order valence-electron chi connectivity index (χ2n) is 29.6. The van der Waals surface area contributed by atoms with E-state index in [4.69, 9.17) is 38.5 Å². The summed E-state index contributed by atoms with van der Waals surface area (Å²) in [5.41, 5.74) is 4.51. The van der Waals surface area contributed by atoms with Gasteiger partial charge in [0.1, 0.15) is 54.8 Å². The lowest BCUT2D eigenvalue weighted by atomic mass is 9.39. The number of aliphatic hydroxyl groups is 3. The standard InChI is InChI=1S/C74H88N10O22S2/c1-43-49(48-19-20-50(78-59(48)65(92)93)45-16-15-44-11-10-25-82(53(44)31-45)69(96)80-68-79-51-12-7-8-13-55(51)107-68)33-76-84(43)42-73-37-71(2)36-72(3,38-73)40-74(39-71,41-73)104-28-26-81(4)70(97)103-34-46-17-18-47(32-54(46)105-67-62(90)60(88)61(89)63(106-67)66(94)95)102-30-29-101-27-23-75-64(91)52(35-108(98,99)100)77-56(85)14-6-5-9-24-83-57(86)21-22-58(83)87/h7-8,12-13,15-22,31-33,52,60-63,67,88-90H,5-6,9-11,14,23-30,34-42H2,1-4H3,(H,75,91)(H,77,85)(H,92,93)(H,94,95)(H,79,80,96)(H,98,99,100)/t52-,60-,61-,62+,63?,67+,71?,72?,73?,74?/m0/s1. The van der Waals surface area contributed by atoms with Crippen molar-refractivity contribution in [3.05, 3.63) is 114 Å². The van der Waals surface area contributed by atoms with Gasteiger partial charge in [-0.3, -0.25) is 43.5 Å². The molecule has 13 rings (SSSR count). The quantitative estimate of drug-likeness (QED) is 0.0128. The largest absolute Gasteiger partial charge is 0.491 e. The molecule has 0 radical (unpaired) electrons. The van der Waals surface area contributed by atoms with Gasteiger partial charge in [-0.05, 0) is 135 Å². The minimum absolute atomic E-state index is 0.0806. The molecule has 4 saturated carbocycles. The Morgan fingerprint density at radius 1 is 0.833 bits per heavy atom. The maximum absolute atomic E-state index is 13.8. The van der Waals surface area contributed by atoms with Crippen LogP contribution in [0.1, 0.15) is 112 Å². The van der Waals surface area contributed by atoms with Crippen LogP contribution in [0.25, 0.3) is 32.6 Å². The molecule has 7 amide bonds. The molecule has 9 N–H and O–H groups in total. The van der Waals surface area contributed by atoms with E-state index in [0.29, 0.717) is 65.6 Å². The first-order chi connectivity index (χ1) is 51.4. The average molecular weight is 1530 g/mol. The highest BCUT2D eigenvalue weighted by Crippen LogP contribution is 2.72. The van der Waals surface area contributed by atoms with Gasteiger partial charge in [0.15, 0.2) is 16.9 Å². The van der Waals surface area contributed by atoms with Gasteiger partial charge in [0, 0.05) is 98.0 Å². The number of hydrogen-bond donors (Lipinski definition) is 9. The Morgan fingerprint density at radius 2 is 1.59 bits per heavy atom. The summed E-state index contributed by atoms with van der Waals surface area (Å²) in [4.78, 5) is 115. The second kappa shape index (κ2) is 32.3. The molecule has 34 heteroatoms. The lowest BCUT2D eigenvalue weighted by Gasteiger charge is -2.69. The summed E-state index contributed by atoms with van der Waals surface area (Å²) in [7, 11) is -3.17. The Labute approximate surface area is 625 Å². The predicted molar refractivity (Wildman–Crippen MR) is 388 cm³/mol. The van der Waals surface area contributed by atoms with Gasteiger partial charge in [-0.1, -0.05) is 55.9 Å². The molecule has 3 aliphatic heterocycles. The molecule has 7 aliphatic rings. The highest BCUT2D eigenvalue weighted by atomic mass is 32.2. The molecule has 6 aromatic rings. The third-order valence-electron chi connectivity index (χ3n) is 20.7. The summed E-state index contributed by atoms with van der Waals surface area (Å²) < 4.78 is 71.5. The van der Waals surface area contributed by atoms with Gasteiger partial charge in [0.2, 0.25) is 18.1 Å². The molecule has 3 aromatic heterocycles. The number of hydrogen-bond acceptors (Lipinski definition) is 23. The molecule has 8 atom stereocenters. The number of rotatable bonds is 32. The highest BCUT2D eigenvalue weighted by molar-refractivity contribution is 7.85. The van der Waals surface area contributed by atoms with E-state index in [0.717, 1.165) is 89.9 Å². The van der Waals surface area contributed by atoms with Gasteiger partial charge in [-0.25, -0.2) is 29.1 Å². The van der Waals surface area contributed by atoms with Gasteiger partial charge >= 0.3 is 24.1 Å². The van der Waals surface area contributed by atoms with Crippen molar-refractivity contribution in [1.82, 2.24) is 40.2 Å². The van der Waals surface area contributed by atoms with E-state index in [1.54, 1.807) is 30.3 Å². The van der Waals surface area contributed by atoms with E-state index in [2.05, 4.69) is 34.8 Å². The number of imide groups is 1. The van der Waals surface area contributed by atoms with Crippen molar-refractivity contribution in [1.29, 1.82) is 0 Å². The number of likely N-dealkylation sites (N-methyl/N-ethyl adjacent to an activating group) is 1. The first-order valence-electron chi connectivity index (χ1n) is 35.7. The summed E-state index contributed by atoms with van der Waals surface area (Å²) in [6, 6.07) is 19.3. The first kappa shape index (κ1) is 78.1. The number of ether oxygens (including phenoxy) is 6. The van der Waals surface area contributed by atoms with Crippen LogP contribution >= 0.6 is 11.3 Å². The topological polar surface area (TPSA) is 437 Å². The third-order valence-corrected chi connectivity index (χ3v) is 22.4. The van der Waals surface area contributed by atoms with Crippen LogP contribution in [0, 0.1) is 23.2 Å². The molecule has 4 aliphatic carbocycles. The maximum Gasteiger partial charge on any atom is 0.409 e. The molecule has 0 spiro atoms. The number of anilines is 2. The molecule has 4 bridgehead atoms. The zero-order chi connectivity index (χ0) is 77.0. The van der Waals surface area contributed by atoms with E-state index in [9.17, 15) is 76.9 Å². The van der Waals surface area contributed by atoms with Crippen molar-refractivity contribution in [2.24, 2.45) is 16.2 Å². The number of carbonyl (C=O) groups excluding carboxylic acids is 6. The number of aromatic carboxylic acids is 1. The Hall–Kier alpha value is -9.52. The van der Waals surface area contributed by atoms with E-state index < -0.39 is 106 Å². The molecule has 108 heavy (non-hydrogen) atoms. The summed E-state index contributed by atoms with van der Waals surface area (Å²) >= 11 is 1.40. The van der Waals surface area contributed by atoms with E-state index >= 15 is 0 Å². The maximum atomic E-state index is 13.8. The number of aryl methyl sites for hydroxylation is 1. The number of urea groups is 1. The fraction of sp³-hybridized carbons (Fsp3) is 0.500. The van der Waals surface area contributed by atoms with Crippen LogP contribution in [0.2, 0.25) is 0 Å². The van der Waals surface area contributed by atoms with Crippen molar-refractivity contribution < 1.29 is 105 Å². The fourth-order valence-corrected chi connectivity index (χ4v) is 18.5. The summed E-state index contributed by atoms with van der Waals surface area (Å²) in [6.45, 7) is 7.10. The molecular formula is C74H88N10O22S2. The Kier molecular flexibility index (Phi) is 23.4. The monoisotopic (exact) mass is 1530 g/mol. The number of pyridine rings is 1. The van der Waals surface area contributed by atoms with Gasteiger partial charge in [-0.2, -0.15) is 13.5 Å². The minimum Gasteiger partial charge on any atom is -0.491 e. The van der Waals surface area contributed by atoms with Gasteiger partial charge in [0.25, 0.3) is 21.9 Å². The molecule has 6 heterocycles. The first-order valence-corrected chi connectivity index (χ1v) is 38.1. The number of thiazole rings is 1. The number of para-hydroxylation sites is 1. The molecular weight excluding hydrogens is 1440 g/mol. The molecule has 5 fully saturated rings. The van der Waals surface area contributed by atoms with Crippen molar-refractivity contribution in [3.8, 4) is 33.9 Å². The van der Waals surface area contributed by atoms with Crippen LogP contribution in [-0.2, 0) is 72.6 Å². The van der Waals surface area contributed by atoms with Crippen molar-refractivity contribution in [2.45, 2.75) is 153 Å². The molecule has 3 unspecified atom stereocenters. The average Bonchev–Trinajstić information content (AvgIpc) is 0.781. The van der Waals surface area contributed by atoms with Crippen LogP contribution in [0.3, 0.4) is 0 Å². The normalized spacial score (nSPS) is 24.5. The lowest BCUT2D eigenvalue weighted by Crippen LogP contribution is -2.64. The van der Waals surface area contributed by atoms with E-state index in [1.807, 2.05) is 54.1 Å². The number of aliphatic hydroxyl groups excluding tert-OH is 3. The Balaban J connectivity index is 0.642. The van der Waals surface area contributed by atoms with Gasteiger partial charge in [-0.15, -0.1) is 0 Å². The number of carbonyl (C=O) groups is 8. The van der Waals surface area contributed by atoms with Gasteiger partial charge in [0.05, 0.1) is 47.5 Å². The Morgan fingerprint density at radius 3 is 2.32 bits per heavy atom. The van der Waals surface area contributed by atoms with E-state index in [1.165, 1.54) is 34.4 Å². The number of amides is 7. The number of carboxylic acids is 2. The number of aromatic nitrogens is 4. The Bertz CT molecular complexity index is 4520.